The van der Waals surface area contributed by atoms with E-state index in [1.807, 2.05) is 42.8 Å². The Hall–Kier alpha value is -3.03. The van der Waals surface area contributed by atoms with Gasteiger partial charge in [-0.05, 0) is 43.3 Å². The van der Waals surface area contributed by atoms with E-state index in [9.17, 15) is 9.90 Å². The summed E-state index contributed by atoms with van der Waals surface area (Å²) in [6.45, 7) is 1.59. The van der Waals surface area contributed by atoms with Gasteiger partial charge < -0.3 is 15.3 Å². The number of carbonyl (C=O) groups is 1. The highest BCUT2D eigenvalue weighted by Crippen LogP contribution is 2.30. The number of benzene rings is 1. The number of nitrogens with zero attached hydrogens (tertiary/aromatic N) is 4. The maximum Gasteiger partial charge on any atom is 0.225 e. The number of carbonyl (C=O) groups excluding carboxylic acids is 1. The molecule has 33 heavy (non-hydrogen) atoms. The van der Waals surface area contributed by atoms with Crippen molar-refractivity contribution < 1.29 is 9.90 Å². The molecule has 172 valence electrons. The summed E-state index contributed by atoms with van der Waals surface area (Å²) in [6, 6.07) is 9.48. The van der Waals surface area contributed by atoms with Gasteiger partial charge in [-0.25, -0.2) is 4.98 Å². The van der Waals surface area contributed by atoms with Crippen LogP contribution in [0, 0.1) is 5.92 Å². The molecule has 1 amide bonds. The van der Waals surface area contributed by atoms with Gasteiger partial charge in [-0.3, -0.25) is 4.79 Å². The van der Waals surface area contributed by atoms with Crippen molar-refractivity contribution >= 4 is 30.7 Å². The average Bonchev–Trinajstić information content (AvgIpc) is 3.03. The van der Waals surface area contributed by atoms with Gasteiger partial charge in [0.1, 0.15) is 19.4 Å². The zero-order chi connectivity index (χ0) is 22.8. The third-order valence-corrected chi connectivity index (χ3v) is 7.19. The minimum absolute atomic E-state index is 0.211. The first kappa shape index (κ1) is 21.8. The highest BCUT2D eigenvalue weighted by molar-refractivity contribution is 6.36. The Morgan fingerprint density at radius 2 is 1.79 bits per heavy atom. The van der Waals surface area contributed by atoms with Crippen LogP contribution >= 0.6 is 0 Å². The third-order valence-electron chi connectivity index (χ3n) is 7.19. The molecule has 3 heterocycles. The Bertz CT molecular complexity index is 1130. The van der Waals surface area contributed by atoms with Gasteiger partial charge >= 0.3 is 0 Å². The van der Waals surface area contributed by atoms with Gasteiger partial charge in [-0.15, -0.1) is 0 Å². The molecule has 8 heteroatoms. The average molecular weight is 445 g/mol. The second-order valence-corrected chi connectivity index (χ2v) is 9.54. The smallest absolute Gasteiger partial charge is 0.225 e. The molecule has 1 aliphatic heterocycles. The van der Waals surface area contributed by atoms with Crippen LogP contribution in [0.15, 0.2) is 36.5 Å². The SMILES string of the molecule is Bc1cnn2c(NC3CCN(C(=O)C4CCCCCC4)CC3)cc(-c3ccccc3O)nc12. The Morgan fingerprint density at radius 3 is 2.52 bits per heavy atom. The summed E-state index contributed by atoms with van der Waals surface area (Å²) in [5.41, 5.74) is 3.18. The molecule has 2 aromatic heterocycles. The zero-order valence-electron chi connectivity index (χ0n) is 19.3. The summed E-state index contributed by atoms with van der Waals surface area (Å²) in [6.07, 6.45) is 10.7. The van der Waals surface area contributed by atoms with Crippen molar-refractivity contribution in [2.24, 2.45) is 5.92 Å². The molecule has 3 aromatic rings. The van der Waals surface area contributed by atoms with Crippen LogP contribution in [0.5, 0.6) is 5.75 Å². The molecule has 5 rings (SSSR count). The van der Waals surface area contributed by atoms with Crippen LogP contribution in [0.4, 0.5) is 5.82 Å². The van der Waals surface area contributed by atoms with Crippen LogP contribution < -0.4 is 10.8 Å². The van der Waals surface area contributed by atoms with Crippen molar-refractivity contribution in [3.05, 3.63) is 36.5 Å². The van der Waals surface area contributed by atoms with E-state index in [0.29, 0.717) is 17.2 Å². The largest absolute Gasteiger partial charge is 0.507 e. The lowest BCUT2D eigenvalue weighted by molar-refractivity contribution is -0.136. The minimum Gasteiger partial charge on any atom is -0.507 e. The molecule has 0 atom stereocenters. The number of amides is 1. The zero-order valence-corrected chi connectivity index (χ0v) is 19.3. The predicted molar refractivity (Wildman–Crippen MR) is 133 cm³/mol. The molecule has 7 nitrogen and oxygen atoms in total. The molecule has 0 radical (unpaired) electrons. The highest BCUT2D eigenvalue weighted by atomic mass is 16.3. The number of anilines is 1. The van der Waals surface area contributed by atoms with E-state index >= 15 is 0 Å². The van der Waals surface area contributed by atoms with E-state index < -0.39 is 0 Å². The fourth-order valence-corrected chi connectivity index (χ4v) is 5.24. The van der Waals surface area contributed by atoms with Crippen LogP contribution in [-0.2, 0) is 4.79 Å². The summed E-state index contributed by atoms with van der Waals surface area (Å²) in [4.78, 5) is 19.9. The Morgan fingerprint density at radius 1 is 1.06 bits per heavy atom. The number of piperidine rings is 1. The maximum atomic E-state index is 13.0. The number of rotatable bonds is 4. The van der Waals surface area contributed by atoms with E-state index in [1.165, 1.54) is 25.7 Å². The molecule has 1 saturated carbocycles. The lowest BCUT2D eigenvalue weighted by atomic mass is 9.96. The molecule has 0 spiro atoms. The molecule has 1 aliphatic carbocycles. The maximum absolute atomic E-state index is 13.0. The minimum atomic E-state index is 0.211. The lowest BCUT2D eigenvalue weighted by Crippen LogP contribution is -2.45. The van der Waals surface area contributed by atoms with Crippen LogP contribution in [0.2, 0.25) is 0 Å². The van der Waals surface area contributed by atoms with E-state index in [-0.39, 0.29) is 17.7 Å². The molecular weight excluding hydrogens is 413 g/mol. The second-order valence-electron chi connectivity index (χ2n) is 9.54. The monoisotopic (exact) mass is 445 g/mol. The van der Waals surface area contributed by atoms with Gasteiger partial charge in [0.2, 0.25) is 5.91 Å². The van der Waals surface area contributed by atoms with Gasteiger partial charge in [-0.1, -0.05) is 37.8 Å². The number of aromatic hydroxyl groups is 1. The summed E-state index contributed by atoms with van der Waals surface area (Å²) in [5, 5.41) is 18.5. The fraction of sp³-hybridized carbons (Fsp3) is 0.480. The third kappa shape index (κ3) is 4.56. The first-order chi connectivity index (χ1) is 16.1. The van der Waals surface area contributed by atoms with E-state index in [4.69, 9.17) is 4.98 Å². The van der Waals surface area contributed by atoms with Crippen molar-refractivity contribution in [1.29, 1.82) is 0 Å². The Balaban J connectivity index is 1.32. The summed E-state index contributed by atoms with van der Waals surface area (Å²) < 4.78 is 1.84. The van der Waals surface area contributed by atoms with Crippen LogP contribution in [0.3, 0.4) is 0 Å². The molecule has 2 fully saturated rings. The van der Waals surface area contributed by atoms with Crippen LogP contribution in [-0.4, -0.2) is 57.5 Å². The van der Waals surface area contributed by atoms with Crippen LogP contribution in [0.1, 0.15) is 51.4 Å². The van der Waals surface area contributed by atoms with Crippen molar-refractivity contribution in [3.8, 4) is 17.0 Å². The quantitative estimate of drug-likeness (QED) is 0.477. The molecule has 0 unspecified atom stereocenters. The van der Waals surface area contributed by atoms with Gasteiger partial charge in [-0.2, -0.15) is 9.61 Å². The van der Waals surface area contributed by atoms with Gasteiger partial charge in [0.05, 0.1) is 5.69 Å². The summed E-state index contributed by atoms with van der Waals surface area (Å²) >= 11 is 0. The van der Waals surface area contributed by atoms with Crippen molar-refractivity contribution in [2.45, 2.75) is 57.4 Å². The number of likely N-dealkylation sites (tertiary alicyclic amines) is 1. The number of phenolic OH excluding ortho intramolecular Hbond substituents is 1. The second kappa shape index (κ2) is 9.45. The van der Waals surface area contributed by atoms with E-state index in [0.717, 1.165) is 55.7 Å². The van der Waals surface area contributed by atoms with E-state index in [1.54, 1.807) is 6.07 Å². The first-order valence-electron chi connectivity index (χ1n) is 12.3. The van der Waals surface area contributed by atoms with Crippen molar-refractivity contribution in [2.75, 3.05) is 18.4 Å². The normalized spacial score (nSPS) is 18.4. The predicted octanol–water partition coefficient (Wildman–Crippen LogP) is 2.73. The molecule has 1 saturated heterocycles. The number of nitrogens with one attached hydrogen (secondary N) is 1. The Labute approximate surface area is 195 Å². The van der Waals surface area contributed by atoms with Crippen molar-refractivity contribution in [3.63, 3.8) is 0 Å². The first-order valence-corrected chi connectivity index (χ1v) is 12.3. The molecule has 2 aliphatic rings. The number of fused-ring (bicyclic) bond motifs is 1. The summed E-state index contributed by atoms with van der Waals surface area (Å²) in [5.74, 6) is 1.67. The highest BCUT2D eigenvalue weighted by Gasteiger charge is 2.29. The van der Waals surface area contributed by atoms with Crippen LogP contribution in [0.25, 0.3) is 16.9 Å². The number of aromatic nitrogens is 3. The van der Waals surface area contributed by atoms with Gasteiger partial charge in [0, 0.05) is 42.9 Å². The molecular formula is C25H32BN5O2. The molecule has 0 bridgehead atoms. The number of hydrogen-bond acceptors (Lipinski definition) is 5. The Kier molecular flexibility index (Phi) is 6.25. The standard InChI is InChI=1S/C25H32BN5O2/c26-20-16-27-31-23(15-21(29-24(20)31)19-9-5-6-10-22(19)32)28-18-11-13-30(14-12-18)25(33)17-7-3-1-2-4-8-17/h5-6,9-10,15-18,28,32H,1-4,7-8,11-14,26H2. The fourth-order valence-electron chi connectivity index (χ4n) is 5.24. The number of hydrogen-bond donors (Lipinski definition) is 2. The lowest BCUT2D eigenvalue weighted by Gasteiger charge is -2.35. The van der Waals surface area contributed by atoms with Crippen molar-refractivity contribution in [1.82, 2.24) is 19.5 Å². The summed E-state index contributed by atoms with van der Waals surface area (Å²) in [7, 11) is 1.99. The topological polar surface area (TPSA) is 82.8 Å². The van der Waals surface area contributed by atoms with E-state index in [2.05, 4.69) is 15.3 Å². The molecule has 1 aromatic carbocycles. The van der Waals surface area contributed by atoms with Gasteiger partial charge in [0.15, 0.2) is 5.65 Å². The number of para-hydroxylation sites is 1. The molecule has 2 N–H and O–H groups in total. The number of phenols is 1. The van der Waals surface area contributed by atoms with Gasteiger partial charge in [0.25, 0.3) is 0 Å².